The SMILES string of the molecule is Cc1c(Nc2csc(C#Cc3cccc(CN(C)C)n3)c2)ccc2[nH]ccc12. The molecule has 0 aliphatic rings. The second-order valence-corrected chi connectivity index (χ2v) is 7.91. The first kappa shape index (κ1) is 18.3. The maximum atomic E-state index is 4.61. The zero-order chi connectivity index (χ0) is 19.5. The van der Waals surface area contributed by atoms with Crippen LogP contribution in [0.3, 0.4) is 0 Å². The number of aromatic nitrogens is 2. The quantitative estimate of drug-likeness (QED) is 0.478. The highest BCUT2D eigenvalue weighted by Gasteiger charge is 2.06. The minimum atomic E-state index is 0.802. The van der Waals surface area contributed by atoms with E-state index >= 15 is 0 Å². The van der Waals surface area contributed by atoms with E-state index in [9.17, 15) is 0 Å². The summed E-state index contributed by atoms with van der Waals surface area (Å²) in [5.41, 5.74) is 6.39. The fourth-order valence-corrected chi connectivity index (χ4v) is 3.81. The number of hydrogen-bond donors (Lipinski definition) is 2. The lowest BCUT2D eigenvalue weighted by Crippen LogP contribution is -2.12. The zero-order valence-corrected chi connectivity index (χ0v) is 17.0. The molecule has 4 aromatic rings. The van der Waals surface area contributed by atoms with E-state index in [1.807, 2.05) is 38.5 Å². The Bertz CT molecular complexity index is 1170. The van der Waals surface area contributed by atoms with E-state index in [2.05, 4.69) is 68.6 Å². The smallest absolute Gasteiger partial charge is 0.113 e. The molecular formula is C23H22N4S. The van der Waals surface area contributed by atoms with Gasteiger partial charge in [-0.05, 0) is 74.8 Å². The van der Waals surface area contributed by atoms with Gasteiger partial charge in [0.1, 0.15) is 5.69 Å². The summed E-state index contributed by atoms with van der Waals surface area (Å²) in [5, 5.41) is 6.85. The lowest BCUT2D eigenvalue weighted by molar-refractivity contribution is 0.397. The summed E-state index contributed by atoms with van der Waals surface area (Å²) in [6, 6.07) is 14.4. The molecule has 0 aliphatic heterocycles. The van der Waals surface area contributed by atoms with Gasteiger partial charge >= 0.3 is 0 Å². The predicted octanol–water partition coefficient (Wildman–Crippen LogP) is 5.14. The Morgan fingerprint density at radius 2 is 2.04 bits per heavy atom. The molecule has 2 N–H and O–H groups in total. The topological polar surface area (TPSA) is 44.0 Å². The number of anilines is 2. The summed E-state index contributed by atoms with van der Waals surface area (Å²) in [5.74, 6) is 6.42. The molecule has 4 nitrogen and oxygen atoms in total. The predicted molar refractivity (Wildman–Crippen MR) is 118 cm³/mol. The molecule has 3 aromatic heterocycles. The van der Waals surface area contributed by atoms with Gasteiger partial charge in [-0.3, -0.25) is 0 Å². The van der Waals surface area contributed by atoms with Crippen LogP contribution in [0.1, 0.15) is 21.8 Å². The van der Waals surface area contributed by atoms with Crippen molar-refractivity contribution in [2.75, 3.05) is 19.4 Å². The first-order valence-corrected chi connectivity index (χ1v) is 10.0. The Labute approximate surface area is 169 Å². The van der Waals surface area contributed by atoms with Crippen molar-refractivity contribution in [3.63, 3.8) is 0 Å². The second kappa shape index (κ2) is 7.89. The van der Waals surface area contributed by atoms with E-state index in [0.29, 0.717) is 0 Å². The molecule has 0 unspecified atom stereocenters. The fraction of sp³-hybridized carbons (Fsp3) is 0.174. The minimum absolute atomic E-state index is 0.802. The number of nitrogens with zero attached hydrogens (tertiary/aromatic N) is 2. The number of nitrogens with one attached hydrogen (secondary N) is 2. The first-order valence-electron chi connectivity index (χ1n) is 9.13. The van der Waals surface area contributed by atoms with Gasteiger partial charge in [-0.25, -0.2) is 4.98 Å². The molecule has 0 radical (unpaired) electrons. The van der Waals surface area contributed by atoms with Crippen molar-refractivity contribution in [1.82, 2.24) is 14.9 Å². The molecular weight excluding hydrogens is 364 g/mol. The van der Waals surface area contributed by atoms with E-state index in [1.54, 1.807) is 11.3 Å². The Hall–Kier alpha value is -3.07. The summed E-state index contributed by atoms with van der Waals surface area (Å²) >= 11 is 1.64. The van der Waals surface area contributed by atoms with Crippen LogP contribution in [0.25, 0.3) is 10.9 Å². The van der Waals surface area contributed by atoms with Gasteiger partial charge in [0.15, 0.2) is 0 Å². The molecule has 0 bridgehead atoms. The molecule has 28 heavy (non-hydrogen) atoms. The van der Waals surface area contributed by atoms with Gasteiger partial charge in [-0.2, -0.15) is 0 Å². The normalized spacial score (nSPS) is 10.9. The fourth-order valence-electron chi connectivity index (χ4n) is 3.13. The lowest BCUT2D eigenvalue weighted by atomic mass is 10.1. The number of hydrogen-bond acceptors (Lipinski definition) is 4. The number of aromatic amines is 1. The van der Waals surface area contributed by atoms with E-state index < -0.39 is 0 Å². The second-order valence-electron chi connectivity index (χ2n) is 7.00. The minimum Gasteiger partial charge on any atom is -0.361 e. The molecule has 0 spiro atoms. The summed E-state index contributed by atoms with van der Waals surface area (Å²) in [6.07, 6.45) is 1.97. The standard InChI is InChI=1S/C23H22N4S/c1-16-21-11-12-24-23(21)10-9-22(16)26-19-13-20(28-15-19)8-7-17-5-4-6-18(25-17)14-27(2)3/h4-6,9-13,15,24,26H,14H2,1-3H3. The molecule has 3 heterocycles. The van der Waals surface area contributed by atoms with Crippen molar-refractivity contribution in [3.8, 4) is 11.8 Å². The van der Waals surface area contributed by atoms with Gasteiger partial charge in [-0.1, -0.05) is 6.07 Å². The maximum Gasteiger partial charge on any atom is 0.113 e. The third-order valence-corrected chi connectivity index (χ3v) is 5.33. The average Bonchev–Trinajstić information content (AvgIpc) is 3.32. The number of rotatable bonds is 4. The molecule has 0 amide bonds. The maximum absolute atomic E-state index is 4.61. The van der Waals surface area contributed by atoms with E-state index in [-0.39, 0.29) is 0 Å². The van der Waals surface area contributed by atoms with Gasteiger partial charge in [0, 0.05) is 34.7 Å². The van der Waals surface area contributed by atoms with Crippen LogP contribution in [0.15, 0.2) is 54.0 Å². The summed E-state index contributed by atoms with van der Waals surface area (Å²) in [6.45, 7) is 2.95. The van der Waals surface area contributed by atoms with Gasteiger partial charge in [0.05, 0.1) is 16.3 Å². The average molecular weight is 387 g/mol. The van der Waals surface area contributed by atoms with Crippen LogP contribution in [0.4, 0.5) is 11.4 Å². The highest BCUT2D eigenvalue weighted by Crippen LogP contribution is 2.29. The van der Waals surface area contributed by atoms with Crippen LogP contribution < -0.4 is 5.32 Å². The summed E-state index contributed by atoms with van der Waals surface area (Å²) < 4.78 is 0. The van der Waals surface area contributed by atoms with Crippen molar-refractivity contribution < 1.29 is 0 Å². The third kappa shape index (κ3) is 4.09. The van der Waals surface area contributed by atoms with Gasteiger partial charge in [-0.15, -0.1) is 11.3 Å². The number of fused-ring (bicyclic) bond motifs is 1. The van der Waals surface area contributed by atoms with Gasteiger partial charge in [0.2, 0.25) is 0 Å². The van der Waals surface area contributed by atoms with Crippen molar-refractivity contribution in [1.29, 1.82) is 0 Å². The number of thiophene rings is 1. The van der Waals surface area contributed by atoms with Crippen LogP contribution in [0.5, 0.6) is 0 Å². The van der Waals surface area contributed by atoms with Crippen molar-refractivity contribution in [3.05, 3.63) is 75.9 Å². The zero-order valence-electron chi connectivity index (χ0n) is 16.2. The number of pyridine rings is 1. The molecule has 0 saturated heterocycles. The molecule has 140 valence electrons. The van der Waals surface area contributed by atoms with Crippen LogP contribution in [-0.4, -0.2) is 29.0 Å². The first-order chi connectivity index (χ1) is 13.6. The Balaban J connectivity index is 1.51. The molecule has 1 aromatic carbocycles. The monoisotopic (exact) mass is 386 g/mol. The Kier molecular flexibility index (Phi) is 5.16. The van der Waals surface area contributed by atoms with Crippen molar-refractivity contribution >= 4 is 33.6 Å². The van der Waals surface area contributed by atoms with Crippen LogP contribution in [-0.2, 0) is 6.54 Å². The van der Waals surface area contributed by atoms with Crippen molar-refractivity contribution in [2.24, 2.45) is 0 Å². The van der Waals surface area contributed by atoms with Crippen LogP contribution >= 0.6 is 11.3 Å². The number of aryl methyl sites for hydroxylation is 1. The number of H-pyrrole nitrogens is 1. The molecule has 4 rings (SSSR count). The summed E-state index contributed by atoms with van der Waals surface area (Å²) in [7, 11) is 4.07. The van der Waals surface area contributed by atoms with E-state index in [0.717, 1.165) is 39.7 Å². The molecule has 5 heteroatoms. The van der Waals surface area contributed by atoms with Crippen molar-refractivity contribution in [2.45, 2.75) is 13.5 Å². The molecule has 0 saturated carbocycles. The van der Waals surface area contributed by atoms with Crippen LogP contribution in [0.2, 0.25) is 0 Å². The molecule has 0 atom stereocenters. The van der Waals surface area contributed by atoms with E-state index in [4.69, 9.17) is 0 Å². The Morgan fingerprint density at radius 3 is 2.89 bits per heavy atom. The van der Waals surface area contributed by atoms with Gasteiger partial charge < -0.3 is 15.2 Å². The highest BCUT2D eigenvalue weighted by atomic mass is 32.1. The van der Waals surface area contributed by atoms with E-state index in [1.165, 1.54) is 10.9 Å². The molecule has 0 fully saturated rings. The third-order valence-electron chi connectivity index (χ3n) is 4.48. The summed E-state index contributed by atoms with van der Waals surface area (Å²) in [4.78, 5) is 11.0. The van der Waals surface area contributed by atoms with Gasteiger partial charge in [0.25, 0.3) is 0 Å². The highest BCUT2D eigenvalue weighted by molar-refractivity contribution is 7.11. The Morgan fingerprint density at radius 1 is 1.14 bits per heavy atom. The largest absolute Gasteiger partial charge is 0.361 e. The lowest BCUT2D eigenvalue weighted by Gasteiger charge is -2.08. The van der Waals surface area contributed by atoms with Crippen LogP contribution in [0, 0.1) is 18.8 Å². The molecule has 0 aliphatic carbocycles. The number of benzene rings is 1.